The van der Waals surface area contributed by atoms with Gasteiger partial charge in [0.05, 0.1) is 11.0 Å². The molecule has 3 nitrogen and oxygen atoms in total. The number of Topliss-reactive ketones (excluding diaryl/α,β-unsaturated/α-hetero) is 3. The van der Waals surface area contributed by atoms with E-state index >= 15 is 0 Å². The van der Waals surface area contributed by atoms with Gasteiger partial charge in [-0.05, 0) is 117 Å². The van der Waals surface area contributed by atoms with Crippen LogP contribution < -0.4 is 0 Å². The molecule has 0 spiro atoms. The highest BCUT2D eigenvalue weighted by molar-refractivity contribution is 6.24. The van der Waals surface area contributed by atoms with Gasteiger partial charge in [-0.2, -0.15) is 0 Å². The van der Waals surface area contributed by atoms with Crippen molar-refractivity contribution < 1.29 is 14.4 Å². The molecule has 0 radical (unpaired) electrons. The summed E-state index contributed by atoms with van der Waals surface area (Å²) in [5.41, 5.74) is 10.4. The third kappa shape index (κ3) is 5.06. The molecule has 2 aromatic rings. The number of benzene rings is 2. The number of fused-ring (bicyclic) bond motifs is 3. The second-order valence-corrected chi connectivity index (χ2v) is 15.9. The Bertz CT molecular complexity index is 1710. The lowest BCUT2D eigenvalue weighted by atomic mass is 9.42. The first-order chi connectivity index (χ1) is 20.9. The van der Waals surface area contributed by atoms with Crippen molar-refractivity contribution in [3.8, 4) is 0 Å². The Morgan fingerprint density at radius 1 is 0.911 bits per heavy atom. The molecule has 3 aliphatic rings. The molecule has 238 valence electrons. The molecule has 0 amide bonds. The van der Waals surface area contributed by atoms with Gasteiger partial charge in [0.25, 0.3) is 0 Å². The van der Waals surface area contributed by atoms with Crippen molar-refractivity contribution in [2.75, 3.05) is 0 Å². The molecule has 0 aliphatic heterocycles. The van der Waals surface area contributed by atoms with Crippen molar-refractivity contribution in [2.45, 2.75) is 120 Å². The predicted molar refractivity (Wildman–Crippen MR) is 185 cm³/mol. The van der Waals surface area contributed by atoms with Crippen molar-refractivity contribution in [1.29, 1.82) is 0 Å². The Balaban J connectivity index is 1.60. The highest BCUT2D eigenvalue weighted by Crippen LogP contribution is 2.66. The molecule has 2 aromatic carbocycles. The van der Waals surface area contributed by atoms with Crippen LogP contribution in [0.2, 0.25) is 0 Å². The number of hydrogen-bond donors (Lipinski definition) is 0. The van der Waals surface area contributed by atoms with Crippen LogP contribution in [0.4, 0.5) is 0 Å². The molecule has 0 bridgehead atoms. The molecular weight excluding hydrogens is 552 g/mol. The molecule has 0 N–H and O–H groups in total. The van der Waals surface area contributed by atoms with Crippen LogP contribution in [-0.4, -0.2) is 17.3 Å². The van der Waals surface area contributed by atoms with Crippen LogP contribution in [0.15, 0.2) is 64.8 Å². The van der Waals surface area contributed by atoms with Crippen molar-refractivity contribution in [3.05, 3.63) is 104 Å². The van der Waals surface area contributed by atoms with Gasteiger partial charge in [0.15, 0.2) is 17.3 Å². The van der Waals surface area contributed by atoms with Gasteiger partial charge in [0.1, 0.15) is 0 Å². The van der Waals surface area contributed by atoms with E-state index in [4.69, 9.17) is 0 Å². The summed E-state index contributed by atoms with van der Waals surface area (Å²) in [5.74, 6) is 0.547. The average Bonchev–Trinajstić information content (AvgIpc) is 2.91. The Labute approximate surface area is 271 Å². The monoisotopic (exact) mass is 604 g/mol. The van der Waals surface area contributed by atoms with Crippen LogP contribution >= 0.6 is 0 Å². The average molecular weight is 605 g/mol. The van der Waals surface area contributed by atoms with Crippen LogP contribution in [0.3, 0.4) is 0 Å². The normalized spacial score (nSPS) is 26.3. The Kier molecular flexibility index (Phi) is 8.21. The summed E-state index contributed by atoms with van der Waals surface area (Å²) in [5, 5.41) is 0. The summed E-state index contributed by atoms with van der Waals surface area (Å²) < 4.78 is 0. The van der Waals surface area contributed by atoms with E-state index in [2.05, 4.69) is 85.4 Å². The lowest BCUT2D eigenvalue weighted by Gasteiger charge is -2.59. The first-order valence-electron chi connectivity index (χ1n) is 16.8. The maximum atomic E-state index is 14.9. The zero-order chi connectivity index (χ0) is 33.4. The fraction of sp³-hybridized carbons (Fsp3) is 0.500. The number of carbonyl (C=O) groups is 3. The lowest BCUT2D eigenvalue weighted by molar-refractivity contribution is -0.134. The maximum absolute atomic E-state index is 14.9. The number of hydrogen-bond acceptors (Lipinski definition) is 3. The number of ketones is 3. The minimum absolute atomic E-state index is 0.0686. The molecule has 0 aromatic heterocycles. The van der Waals surface area contributed by atoms with Gasteiger partial charge in [-0.15, -0.1) is 0 Å². The molecule has 0 heterocycles. The first-order valence-corrected chi connectivity index (χ1v) is 16.8. The summed E-state index contributed by atoms with van der Waals surface area (Å²) in [6.45, 7) is 27.3. The van der Waals surface area contributed by atoms with Crippen molar-refractivity contribution in [3.63, 3.8) is 0 Å². The van der Waals surface area contributed by atoms with Gasteiger partial charge >= 0.3 is 0 Å². The SMILES string of the molecule is C=C(Cc1ccc(C(C)C)cc1)Cc1cc(C(C)C)c2c(c1C)C(=O)C1=C(C)C3(C)C(=O)C(C(C)=O)=C(C)CC3(C)CC1(C)C2. The fourth-order valence-corrected chi connectivity index (χ4v) is 9.41. The van der Waals surface area contributed by atoms with E-state index in [9.17, 15) is 14.4 Å². The van der Waals surface area contributed by atoms with E-state index in [0.717, 1.165) is 58.2 Å². The third-order valence-electron chi connectivity index (χ3n) is 11.9. The van der Waals surface area contributed by atoms with Gasteiger partial charge in [-0.25, -0.2) is 0 Å². The van der Waals surface area contributed by atoms with E-state index in [1.165, 1.54) is 29.2 Å². The summed E-state index contributed by atoms with van der Waals surface area (Å²) in [6.07, 6.45) is 3.71. The van der Waals surface area contributed by atoms with Crippen LogP contribution in [0.5, 0.6) is 0 Å². The summed E-state index contributed by atoms with van der Waals surface area (Å²) in [7, 11) is 0. The van der Waals surface area contributed by atoms with Gasteiger partial charge < -0.3 is 0 Å². The molecule has 3 aliphatic carbocycles. The van der Waals surface area contributed by atoms with Gasteiger partial charge in [0.2, 0.25) is 0 Å². The Hall–Kier alpha value is -3.33. The molecule has 0 saturated heterocycles. The first kappa shape index (κ1) is 33.0. The molecule has 3 unspecified atom stereocenters. The van der Waals surface area contributed by atoms with Crippen molar-refractivity contribution in [2.24, 2.45) is 16.2 Å². The van der Waals surface area contributed by atoms with Crippen LogP contribution in [0, 0.1) is 23.2 Å². The van der Waals surface area contributed by atoms with Gasteiger partial charge in [-0.1, -0.05) is 95.2 Å². The van der Waals surface area contributed by atoms with Crippen molar-refractivity contribution >= 4 is 17.3 Å². The number of rotatable bonds is 7. The molecule has 5 rings (SSSR count). The zero-order valence-electron chi connectivity index (χ0n) is 29.5. The topological polar surface area (TPSA) is 51.2 Å². The third-order valence-corrected chi connectivity index (χ3v) is 11.9. The fourth-order valence-electron chi connectivity index (χ4n) is 9.41. The molecular formula is C42H52O3. The van der Waals surface area contributed by atoms with Gasteiger partial charge in [0, 0.05) is 16.6 Å². The van der Waals surface area contributed by atoms with E-state index < -0.39 is 5.41 Å². The predicted octanol–water partition coefficient (Wildman–Crippen LogP) is 9.94. The minimum atomic E-state index is -0.901. The lowest BCUT2D eigenvalue weighted by Crippen LogP contribution is -2.57. The highest BCUT2D eigenvalue weighted by atomic mass is 16.2. The molecule has 3 heteroatoms. The van der Waals surface area contributed by atoms with E-state index in [0.29, 0.717) is 24.3 Å². The minimum Gasteiger partial charge on any atom is -0.294 e. The molecule has 0 fully saturated rings. The van der Waals surface area contributed by atoms with E-state index in [-0.39, 0.29) is 34.1 Å². The number of allylic oxidation sites excluding steroid dienone is 5. The quantitative estimate of drug-likeness (QED) is 0.233. The second-order valence-electron chi connectivity index (χ2n) is 15.9. The molecule has 3 atom stereocenters. The number of carbonyl (C=O) groups excluding carboxylic acids is 3. The van der Waals surface area contributed by atoms with Crippen molar-refractivity contribution in [1.82, 2.24) is 0 Å². The standard InChI is InChI=1S/C42H52O3/c1-23(2)31-15-13-30(14-16-31)17-25(5)18-32-19-33(24(3)4)34-21-40(10)22-41(11)20-26(6)35(29(9)43)39(45)42(41,12)28(8)37(40)38(44)36(34)27(32)7/h13-16,19,23-24H,5,17-18,20-22H2,1-4,6-12H3. The highest BCUT2D eigenvalue weighted by Gasteiger charge is 2.63. The Morgan fingerprint density at radius 3 is 2.09 bits per heavy atom. The smallest absolute Gasteiger partial charge is 0.190 e. The summed E-state index contributed by atoms with van der Waals surface area (Å²) in [4.78, 5) is 41.8. The zero-order valence-corrected chi connectivity index (χ0v) is 29.5. The second kappa shape index (κ2) is 11.2. The van der Waals surface area contributed by atoms with Crippen LogP contribution in [-0.2, 0) is 28.9 Å². The van der Waals surface area contributed by atoms with E-state index in [1.54, 1.807) is 0 Å². The summed E-state index contributed by atoms with van der Waals surface area (Å²) >= 11 is 0. The van der Waals surface area contributed by atoms with Crippen LogP contribution in [0.25, 0.3) is 0 Å². The van der Waals surface area contributed by atoms with Gasteiger partial charge in [-0.3, -0.25) is 14.4 Å². The summed E-state index contributed by atoms with van der Waals surface area (Å²) in [6, 6.07) is 11.2. The maximum Gasteiger partial charge on any atom is 0.190 e. The van der Waals surface area contributed by atoms with E-state index in [1.807, 2.05) is 20.8 Å². The largest absolute Gasteiger partial charge is 0.294 e. The van der Waals surface area contributed by atoms with Crippen LogP contribution in [0.1, 0.15) is 138 Å². The Morgan fingerprint density at radius 2 is 1.53 bits per heavy atom. The molecule has 45 heavy (non-hydrogen) atoms. The molecule has 0 saturated carbocycles.